The highest BCUT2D eigenvalue weighted by Crippen LogP contribution is 2.31. The van der Waals surface area contributed by atoms with E-state index in [2.05, 4.69) is 37.3 Å². The fourth-order valence-electron chi connectivity index (χ4n) is 1.93. The van der Waals surface area contributed by atoms with Gasteiger partial charge in [-0.25, -0.2) is 9.97 Å². The molecule has 2 heterocycles. The largest absolute Gasteiger partial charge is 0.370 e. The van der Waals surface area contributed by atoms with Gasteiger partial charge >= 0.3 is 0 Å². The SMILES string of the molecule is FCCCNc1ccc(-c2nc3ccc(Br)cc3s2)cn1. The Morgan fingerprint density at radius 1 is 1.24 bits per heavy atom. The van der Waals surface area contributed by atoms with Gasteiger partial charge in [-0.3, -0.25) is 4.39 Å². The highest BCUT2D eigenvalue weighted by molar-refractivity contribution is 9.10. The van der Waals surface area contributed by atoms with E-state index in [1.54, 1.807) is 17.5 Å². The van der Waals surface area contributed by atoms with Crippen LogP contribution in [0.1, 0.15) is 6.42 Å². The molecule has 3 nitrogen and oxygen atoms in total. The van der Waals surface area contributed by atoms with Crippen molar-refractivity contribution in [2.24, 2.45) is 0 Å². The molecule has 0 saturated carbocycles. The first kappa shape index (κ1) is 14.4. The number of hydrogen-bond acceptors (Lipinski definition) is 4. The van der Waals surface area contributed by atoms with Gasteiger partial charge in [-0.05, 0) is 36.8 Å². The van der Waals surface area contributed by atoms with Crippen LogP contribution in [-0.2, 0) is 0 Å². The summed E-state index contributed by atoms with van der Waals surface area (Å²) in [6, 6.07) is 9.94. The lowest BCUT2D eigenvalue weighted by molar-refractivity contribution is 0.481. The van der Waals surface area contributed by atoms with Crippen molar-refractivity contribution in [2.75, 3.05) is 18.5 Å². The number of alkyl halides is 1. The van der Waals surface area contributed by atoms with Crippen molar-refractivity contribution in [2.45, 2.75) is 6.42 Å². The molecule has 21 heavy (non-hydrogen) atoms. The fraction of sp³-hybridized carbons (Fsp3) is 0.200. The molecule has 0 fully saturated rings. The van der Waals surface area contributed by atoms with E-state index in [-0.39, 0.29) is 6.67 Å². The van der Waals surface area contributed by atoms with Gasteiger partial charge in [0.05, 0.1) is 16.9 Å². The minimum absolute atomic E-state index is 0.313. The fourth-order valence-corrected chi connectivity index (χ4v) is 3.44. The molecule has 0 atom stereocenters. The third-order valence-corrected chi connectivity index (χ3v) is 4.54. The molecule has 0 aliphatic carbocycles. The van der Waals surface area contributed by atoms with Crippen molar-refractivity contribution in [3.8, 4) is 10.6 Å². The summed E-state index contributed by atoms with van der Waals surface area (Å²) >= 11 is 5.11. The van der Waals surface area contributed by atoms with Gasteiger partial charge in [0.2, 0.25) is 0 Å². The highest BCUT2D eigenvalue weighted by atomic mass is 79.9. The number of halogens is 2. The molecule has 3 aromatic rings. The zero-order chi connectivity index (χ0) is 14.7. The van der Waals surface area contributed by atoms with Crippen LogP contribution in [0.15, 0.2) is 41.0 Å². The lowest BCUT2D eigenvalue weighted by atomic mass is 10.3. The normalized spacial score (nSPS) is 11.0. The number of nitrogens with zero attached hydrogens (tertiary/aromatic N) is 2. The number of benzene rings is 1. The maximum absolute atomic E-state index is 12.0. The van der Waals surface area contributed by atoms with E-state index in [1.165, 1.54) is 0 Å². The Morgan fingerprint density at radius 2 is 2.14 bits per heavy atom. The lowest BCUT2D eigenvalue weighted by Gasteiger charge is -2.03. The summed E-state index contributed by atoms with van der Waals surface area (Å²) in [7, 11) is 0. The summed E-state index contributed by atoms with van der Waals surface area (Å²) in [4.78, 5) is 8.96. The monoisotopic (exact) mass is 365 g/mol. The van der Waals surface area contributed by atoms with Crippen molar-refractivity contribution in [3.05, 3.63) is 41.0 Å². The molecule has 0 saturated heterocycles. The average Bonchev–Trinajstić information content (AvgIpc) is 2.91. The summed E-state index contributed by atoms with van der Waals surface area (Å²) in [5, 5.41) is 4.03. The highest BCUT2D eigenvalue weighted by Gasteiger charge is 2.07. The van der Waals surface area contributed by atoms with Crippen molar-refractivity contribution < 1.29 is 4.39 Å². The molecule has 0 spiro atoms. The smallest absolute Gasteiger partial charge is 0.126 e. The average molecular weight is 366 g/mol. The standard InChI is InChI=1S/C15H13BrFN3S/c16-11-3-4-12-13(8-11)21-15(20-12)10-2-5-14(19-9-10)18-7-1-6-17/h2-5,8-9H,1,6-7H2,(H,18,19). The third kappa shape index (κ3) is 3.39. The summed E-state index contributed by atoms with van der Waals surface area (Å²) < 4.78 is 14.2. The first-order valence-electron chi connectivity index (χ1n) is 6.58. The quantitative estimate of drug-likeness (QED) is 0.653. The van der Waals surface area contributed by atoms with Crippen molar-refractivity contribution in [1.29, 1.82) is 0 Å². The van der Waals surface area contributed by atoms with Gasteiger partial charge < -0.3 is 5.32 Å². The molecule has 0 unspecified atom stereocenters. The van der Waals surface area contributed by atoms with Crippen LogP contribution < -0.4 is 5.32 Å². The Hall–Kier alpha value is -1.53. The predicted octanol–water partition coefficient (Wildman–Crippen LogP) is 4.89. The van der Waals surface area contributed by atoms with Gasteiger partial charge in [-0.1, -0.05) is 15.9 Å². The molecule has 0 amide bonds. The lowest BCUT2D eigenvalue weighted by Crippen LogP contribution is -2.03. The Kier molecular flexibility index (Phi) is 4.45. The number of fused-ring (bicyclic) bond motifs is 1. The van der Waals surface area contributed by atoms with Crippen LogP contribution in [0, 0.1) is 0 Å². The van der Waals surface area contributed by atoms with Crippen LogP contribution in [0.3, 0.4) is 0 Å². The third-order valence-electron chi connectivity index (χ3n) is 2.98. The van der Waals surface area contributed by atoms with Crippen LogP contribution in [0.2, 0.25) is 0 Å². The Bertz CT molecular complexity index is 742. The van der Waals surface area contributed by atoms with Gasteiger partial charge in [-0.15, -0.1) is 11.3 Å². The van der Waals surface area contributed by atoms with E-state index < -0.39 is 0 Å². The Labute approximate surface area is 134 Å². The van der Waals surface area contributed by atoms with E-state index in [0.717, 1.165) is 31.1 Å². The van der Waals surface area contributed by atoms with Crippen LogP contribution in [0.4, 0.5) is 10.2 Å². The Morgan fingerprint density at radius 3 is 2.90 bits per heavy atom. The molecule has 0 radical (unpaired) electrons. The van der Waals surface area contributed by atoms with Crippen molar-refractivity contribution in [3.63, 3.8) is 0 Å². The molecule has 0 aliphatic rings. The van der Waals surface area contributed by atoms with E-state index in [9.17, 15) is 4.39 Å². The first-order valence-corrected chi connectivity index (χ1v) is 8.19. The minimum atomic E-state index is -0.313. The van der Waals surface area contributed by atoms with Gasteiger partial charge in [0, 0.05) is 22.8 Å². The molecule has 3 rings (SSSR count). The first-order chi connectivity index (χ1) is 10.3. The van der Waals surface area contributed by atoms with Crippen molar-refractivity contribution in [1.82, 2.24) is 9.97 Å². The zero-order valence-corrected chi connectivity index (χ0v) is 13.5. The molecule has 6 heteroatoms. The Balaban J connectivity index is 1.81. The van der Waals surface area contributed by atoms with E-state index >= 15 is 0 Å². The van der Waals surface area contributed by atoms with Gasteiger partial charge in [0.25, 0.3) is 0 Å². The minimum Gasteiger partial charge on any atom is -0.370 e. The van der Waals surface area contributed by atoms with E-state index in [4.69, 9.17) is 0 Å². The number of rotatable bonds is 5. The number of nitrogens with one attached hydrogen (secondary N) is 1. The molecule has 2 aromatic heterocycles. The second-order valence-corrected chi connectivity index (χ2v) is 6.48. The number of anilines is 1. The van der Waals surface area contributed by atoms with Crippen molar-refractivity contribution >= 4 is 43.3 Å². The number of pyridine rings is 1. The number of thiazole rings is 1. The molecule has 0 aliphatic heterocycles. The molecular formula is C15H13BrFN3S. The summed E-state index contributed by atoms with van der Waals surface area (Å²) in [6.07, 6.45) is 2.29. The summed E-state index contributed by atoms with van der Waals surface area (Å²) in [6.45, 7) is 0.282. The second kappa shape index (κ2) is 6.49. The van der Waals surface area contributed by atoms with Crippen LogP contribution in [0.25, 0.3) is 20.8 Å². The molecule has 1 N–H and O–H groups in total. The zero-order valence-electron chi connectivity index (χ0n) is 11.1. The topological polar surface area (TPSA) is 37.8 Å². The maximum Gasteiger partial charge on any atom is 0.126 e. The second-order valence-electron chi connectivity index (χ2n) is 4.53. The maximum atomic E-state index is 12.0. The molecule has 108 valence electrons. The predicted molar refractivity (Wildman–Crippen MR) is 89.6 cm³/mol. The molecular weight excluding hydrogens is 353 g/mol. The number of aromatic nitrogens is 2. The van der Waals surface area contributed by atoms with Gasteiger partial charge in [-0.2, -0.15) is 0 Å². The number of hydrogen-bond donors (Lipinski definition) is 1. The van der Waals surface area contributed by atoms with Crippen LogP contribution >= 0.6 is 27.3 Å². The van der Waals surface area contributed by atoms with Gasteiger partial charge in [0.1, 0.15) is 10.8 Å². The molecule has 0 bridgehead atoms. The summed E-state index contributed by atoms with van der Waals surface area (Å²) in [5.74, 6) is 0.760. The van der Waals surface area contributed by atoms with Crippen LogP contribution in [0.5, 0.6) is 0 Å². The molecule has 1 aromatic carbocycles. The summed E-state index contributed by atoms with van der Waals surface area (Å²) in [5.41, 5.74) is 1.98. The van der Waals surface area contributed by atoms with Gasteiger partial charge in [0.15, 0.2) is 0 Å². The van der Waals surface area contributed by atoms with E-state index in [1.807, 2.05) is 24.3 Å². The van der Waals surface area contributed by atoms with Crippen LogP contribution in [-0.4, -0.2) is 23.2 Å². The van der Waals surface area contributed by atoms with E-state index in [0.29, 0.717) is 13.0 Å².